The Hall–Kier alpha value is -0.0500. The van der Waals surface area contributed by atoms with Gasteiger partial charge in [-0.15, -0.1) is 0 Å². The maximum absolute atomic E-state index is 5.98. The van der Waals surface area contributed by atoms with Gasteiger partial charge in [0.1, 0.15) is 5.75 Å². The number of thiol groups is 1. The molecule has 0 aliphatic rings. The summed E-state index contributed by atoms with van der Waals surface area (Å²) in [7, 11) is 0. The van der Waals surface area contributed by atoms with Crippen LogP contribution < -0.4 is 4.74 Å². The number of hydrogen-bond donors (Lipinski definition) is 1. The Morgan fingerprint density at radius 1 is 1.31 bits per heavy atom. The highest BCUT2D eigenvalue weighted by Crippen LogP contribution is 2.27. The van der Waals surface area contributed by atoms with Gasteiger partial charge >= 0.3 is 0 Å². The Kier molecular flexibility index (Phi) is 6.40. The van der Waals surface area contributed by atoms with Gasteiger partial charge in [-0.05, 0) is 42.7 Å². The highest BCUT2D eigenvalue weighted by molar-refractivity contribution is 7.80. The molecule has 1 nitrogen and oxygen atoms in total. The van der Waals surface area contributed by atoms with E-state index in [1.807, 2.05) is 0 Å². The van der Waals surface area contributed by atoms with Crippen molar-refractivity contribution < 1.29 is 4.74 Å². The van der Waals surface area contributed by atoms with Gasteiger partial charge in [-0.3, -0.25) is 0 Å². The maximum atomic E-state index is 5.98. The average Bonchev–Trinajstić information content (AvgIpc) is 2.22. The minimum atomic E-state index is 0.564. The smallest absolute Gasteiger partial charge is 0.137 e. The Labute approximate surface area is 112 Å². The topological polar surface area (TPSA) is 9.23 Å². The zero-order chi connectivity index (χ0) is 12.0. The average molecular weight is 279 g/mol. The summed E-state index contributed by atoms with van der Waals surface area (Å²) in [6, 6.07) is 5.27. The summed E-state index contributed by atoms with van der Waals surface area (Å²) in [4.78, 5) is 0. The SMILES string of the molecule is CC(CCS)CCOc1ccc(Cl)cc1Cl. The second-order valence-electron chi connectivity index (χ2n) is 3.83. The molecule has 0 N–H and O–H groups in total. The van der Waals surface area contributed by atoms with Crippen LogP contribution in [0.3, 0.4) is 0 Å². The first kappa shape index (κ1) is 14.0. The molecule has 1 aromatic carbocycles. The van der Waals surface area contributed by atoms with E-state index in [9.17, 15) is 0 Å². The Morgan fingerprint density at radius 2 is 2.06 bits per heavy atom. The largest absolute Gasteiger partial charge is 0.492 e. The van der Waals surface area contributed by atoms with Crippen molar-refractivity contribution in [3.63, 3.8) is 0 Å². The van der Waals surface area contributed by atoms with Gasteiger partial charge in [-0.25, -0.2) is 0 Å². The highest BCUT2D eigenvalue weighted by Gasteiger charge is 2.04. The van der Waals surface area contributed by atoms with Crippen LogP contribution in [0.15, 0.2) is 18.2 Å². The van der Waals surface area contributed by atoms with Crippen molar-refractivity contribution >= 4 is 35.8 Å². The summed E-state index contributed by atoms with van der Waals surface area (Å²) in [5.41, 5.74) is 0. The van der Waals surface area contributed by atoms with Gasteiger partial charge in [-0.2, -0.15) is 12.6 Å². The summed E-state index contributed by atoms with van der Waals surface area (Å²) in [5.74, 6) is 2.25. The van der Waals surface area contributed by atoms with Crippen molar-refractivity contribution in [1.29, 1.82) is 0 Å². The molecule has 0 radical (unpaired) electrons. The molecule has 0 aliphatic carbocycles. The maximum Gasteiger partial charge on any atom is 0.137 e. The molecule has 4 heteroatoms. The molecule has 0 fully saturated rings. The van der Waals surface area contributed by atoms with Crippen LogP contribution in [-0.2, 0) is 0 Å². The molecule has 90 valence electrons. The molecule has 1 rings (SSSR count). The van der Waals surface area contributed by atoms with E-state index < -0.39 is 0 Å². The summed E-state index contributed by atoms with van der Waals surface area (Å²) >= 11 is 16.0. The molecular formula is C12H16Cl2OS. The van der Waals surface area contributed by atoms with Crippen LogP contribution in [0.5, 0.6) is 5.75 Å². The van der Waals surface area contributed by atoms with Crippen LogP contribution in [0, 0.1) is 5.92 Å². The van der Waals surface area contributed by atoms with Crippen molar-refractivity contribution in [2.75, 3.05) is 12.4 Å². The lowest BCUT2D eigenvalue weighted by Crippen LogP contribution is -2.05. The zero-order valence-corrected chi connectivity index (χ0v) is 11.7. The lowest BCUT2D eigenvalue weighted by Gasteiger charge is -2.12. The monoisotopic (exact) mass is 278 g/mol. The van der Waals surface area contributed by atoms with Gasteiger partial charge in [0.05, 0.1) is 11.6 Å². The zero-order valence-electron chi connectivity index (χ0n) is 9.25. The lowest BCUT2D eigenvalue weighted by molar-refractivity contribution is 0.282. The summed E-state index contributed by atoms with van der Waals surface area (Å²) < 4.78 is 5.59. The van der Waals surface area contributed by atoms with Crippen LogP contribution in [0.4, 0.5) is 0 Å². The quantitative estimate of drug-likeness (QED) is 0.741. The first-order valence-electron chi connectivity index (χ1n) is 5.32. The van der Waals surface area contributed by atoms with Gasteiger partial charge in [0.15, 0.2) is 0 Å². The molecule has 0 aromatic heterocycles. The van der Waals surface area contributed by atoms with E-state index in [1.165, 1.54) is 0 Å². The van der Waals surface area contributed by atoms with Crippen LogP contribution in [0.25, 0.3) is 0 Å². The third-order valence-electron chi connectivity index (χ3n) is 2.38. The van der Waals surface area contributed by atoms with E-state index >= 15 is 0 Å². The van der Waals surface area contributed by atoms with Gasteiger partial charge in [0, 0.05) is 5.02 Å². The number of halogens is 2. The predicted molar refractivity (Wildman–Crippen MR) is 74.2 cm³/mol. The van der Waals surface area contributed by atoms with Crippen molar-refractivity contribution in [2.45, 2.75) is 19.8 Å². The van der Waals surface area contributed by atoms with Crippen molar-refractivity contribution in [1.82, 2.24) is 0 Å². The third kappa shape index (κ3) is 4.86. The summed E-state index contributed by atoms with van der Waals surface area (Å²) in [6.45, 7) is 2.87. The molecule has 1 atom stereocenters. The summed E-state index contributed by atoms with van der Waals surface area (Å²) in [5, 5.41) is 1.19. The molecular weight excluding hydrogens is 263 g/mol. The van der Waals surface area contributed by atoms with Crippen LogP contribution in [-0.4, -0.2) is 12.4 Å². The molecule has 0 aliphatic heterocycles. The van der Waals surface area contributed by atoms with Gasteiger partial charge in [-0.1, -0.05) is 30.1 Å². The van der Waals surface area contributed by atoms with Crippen molar-refractivity contribution in [2.24, 2.45) is 5.92 Å². The first-order chi connectivity index (χ1) is 7.63. The molecule has 0 heterocycles. The third-order valence-corrected chi connectivity index (χ3v) is 3.17. The van der Waals surface area contributed by atoms with E-state index in [2.05, 4.69) is 19.6 Å². The minimum absolute atomic E-state index is 0.564. The molecule has 1 unspecified atom stereocenters. The minimum Gasteiger partial charge on any atom is -0.492 e. The number of rotatable bonds is 6. The van der Waals surface area contributed by atoms with Crippen LogP contribution in [0.2, 0.25) is 10.0 Å². The second-order valence-corrected chi connectivity index (χ2v) is 5.12. The normalized spacial score (nSPS) is 12.5. The molecule has 0 bridgehead atoms. The Bertz CT molecular complexity index is 331. The fourth-order valence-corrected chi connectivity index (χ4v) is 2.23. The van der Waals surface area contributed by atoms with Gasteiger partial charge < -0.3 is 4.74 Å². The van der Waals surface area contributed by atoms with Crippen molar-refractivity contribution in [3.8, 4) is 5.75 Å². The molecule has 0 saturated carbocycles. The number of hydrogen-bond acceptors (Lipinski definition) is 2. The highest BCUT2D eigenvalue weighted by atomic mass is 35.5. The van der Waals surface area contributed by atoms with Gasteiger partial charge in [0.25, 0.3) is 0 Å². The van der Waals surface area contributed by atoms with Crippen LogP contribution in [0.1, 0.15) is 19.8 Å². The Balaban J connectivity index is 2.37. The van der Waals surface area contributed by atoms with Gasteiger partial charge in [0.2, 0.25) is 0 Å². The first-order valence-corrected chi connectivity index (χ1v) is 6.71. The van der Waals surface area contributed by atoms with Crippen LogP contribution >= 0.6 is 35.8 Å². The fraction of sp³-hybridized carbons (Fsp3) is 0.500. The number of ether oxygens (including phenoxy) is 1. The standard InChI is InChI=1S/C12H16Cl2OS/c1-9(5-7-16)4-6-15-12-3-2-10(13)8-11(12)14/h2-3,8-9,16H,4-7H2,1H3. The fourth-order valence-electron chi connectivity index (χ4n) is 1.33. The van der Waals surface area contributed by atoms with E-state index in [4.69, 9.17) is 27.9 Å². The molecule has 0 saturated heterocycles. The molecule has 0 spiro atoms. The lowest BCUT2D eigenvalue weighted by atomic mass is 10.1. The van der Waals surface area contributed by atoms with E-state index in [1.54, 1.807) is 18.2 Å². The molecule has 0 amide bonds. The Morgan fingerprint density at radius 3 is 2.69 bits per heavy atom. The molecule has 1 aromatic rings. The molecule has 16 heavy (non-hydrogen) atoms. The second kappa shape index (κ2) is 7.31. The summed E-state index contributed by atoms with van der Waals surface area (Å²) in [6.07, 6.45) is 2.13. The number of benzene rings is 1. The van der Waals surface area contributed by atoms with E-state index in [0.29, 0.717) is 28.3 Å². The van der Waals surface area contributed by atoms with E-state index in [0.717, 1.165) is 18.6 Å². The predicted octanol–water partition coefficient (Wildman–Crippen LogP) is 4.72. The van der Waals surface area contributed by atoms with Crippen molar-refractivity contribution in [3.05, 3.63) is 28.2 Å². The van der Waals surface area contributed by atoms with E-state index in [-0.39, 0.29) is 0 Å².